The SMILES string of the molecule is COc1ccc(CCNC(=O)COC(=O)[C@@H](C)Oc2ccccc2)cc1OC. The van der Waals surface area contributed by atoms with Gasteiger partial charge < -0.3 is 24.3 Å². The predicted molar refractivity (Wildman–Crippen MR) is 104 cm³/mol. The normalized spacial score (nSPS) is 11.2. The van der Waals surface area contributed by atoms with E-state index >= 15 is 0 Å². The van der Waals surface area contributed by atoms with Gasteiger partial charge in [-0.15, -0.1) is 0 Å². The number of rotatable bonds is 10. The fourth-order valence-electron chi connectivity index (χ4n) is 2.44. The van der Waals surface area contributed by atoms with Crippen molar-refractivity contribution in [3.05, 3.63) is 54.1 Å². The molecule has 7 heteroatoms. The first-order valence-corrected chi connectivity index (χ1v) is 8.89. The molecule has 0 aliphatic carbocycles. The third kappa shape index (κ3) is 6.50. The Morgan fingerprint density at radius 1 is 1.00 bits per heavy atom. The van der Waals surface area contributed by atoms with Gasteiger partial charge in [0.25, 0.3) is 5.91 Å². The summed E-state index contributed by atoms with van der Waals surface area (Å²) in [6.07, 6.45) is -0.199. The van der Waals surface area contributed by atoms with Crippen LogP contribution in [0.5, 0.6) is 17.2 Å². The highest BCUT2D eigenvalue weighted by atomic mass is 16.6. The largest absolute Gasteiger partial charge is 0.493 e. The molecule has 28 heavy (non-hydrogen) atoms. The van der Waals surface area contributed by atoms with Crippen molar-refractivity contribution in [1.29, 1.82) is 0 Å². The number of carbonyl (C=O) groups is 2. The lowest BCUT2D eigenvalue weighted by Crippen LogP contribution is -2.33. The van der Waals surface area contributed by atoms with E-state index in [-0.39, 0.29) is 12.5 Å². The van der Waals surface area contributed by atoms with Crippen LogP contribution in [0.15, 0.2) is 48.5 Å². The smallest absolute Gasteiger partial charge is 0.347 e. The second kappa shape index (κ2) is 10.8. The van der Waals surface area contributed by atoms with Crippen molar-refractivity contribution in [1.82, 2.24) is 5.32 Å². The van der Waals surface area contributed by atoms with E-state index in [2.05, 4.69) is 5.32 Å². The zero-order chi connectivity index (χ0) is 20.4. The van der Waals surface area contributed by atoms with Gasteiger partial charge in [0.15, 0.2) is 24.2 Å². The Morgan fingerprint density at radius 3 is 2.39 bits per heavy atom. The molecule has 0 bridgehead atoms. The van der Waals surface area contributed by atoms with E-state index in [0.29, 0.717) is 30.2 Å². The number of esters is 1. The summed E-state index contributed by atoms with van der Waals surface area (Å²) < 4.78 is 20.9. The maximum atomic E-state index is 11.9. The van der Waals surface area contributed by atoms with E-state index in [1.807, 2.05) is 24.3 Å². The van der Waals surface area contributed by atoms with Gasteiger partial charge in [-0.1, -0.05) is 24.3 Å². The van der Waals surface area contributed by atoms with E-state index in [4.69, 9.17) is 18.9 Å². The summed E-state index contributed by atoms with van der Waals surface area (Å²) in [5.74, 6) is 0.868. The van der Waals surface area contributed by atoms with E-state index in [1.165, 1.54) is 0 Å². The van der Waals surface area contributed by atoms with Crippen molar-refractivity contribution in [3.8, 4) is 17.2 Å². The lowest BCUT2D eigenvalue weighted by atomic mass is 10.1. The highest BCUT2D eigenvalue weighted by Crippen LogP contribution is 2.27. The molecule has 0 saturated heterocycles. The van der Waals surface area contributed by atoms with Gasteiger partial charge in [0, 0.05) is 6.54 Å². The summed E-state index contributed by atoms with van der Waals surface area (Å²) in [5, 5.41) is 2.71. The Morgan fingerprint density at radius 2 is 1.71 bits per heavy atom. The van der Waals surface area contributed by atoms with Gasteiger partial charge >= 0.3 is 5.97 Å². The second-order valence-electron chi connectivity index (χ2n) is 5.97. The van der Waals surface area contributed by atoms with E-state index in [0.717, 1.165) is 5.56 Å². The zero-order valence-electron chi connectivity index (χ0n) is 16.3. The lowest BCUT2D eigenvalue weighted by molar-refractivity contribution is -0.154. The number of amides is 1. The first-order valence-electron chi connectivity index (χ1n) is 8.89. The molecule has 0 spiro atoms. The molecule has 0 heterocycles. The van der Waals surface area contributed by atoms with Crippen LogP contribution in [0.1, 0.15) is 12.5 Å². The van der Waals surface area contributed by atoms with Gasteiger partial charge in [0.05, 0.1) is 14.2 Å². The van der Waals surface area contributed by atoms with Crippen molar-refractivity contribution in [2.75, 3.05) is 27.4 Å². The van der Waals surface area contributed by atoms with Crippen LogP contribution in [0, 0.1) is 0 Å². The molecule has 0 aromatic heterocycles. The molecular weight excluding hydrogens is 362 g/mol. The summed E-state index contributed by atoms with van der Waals surface area (Å²) in [6, 6.07) is 14.5. The summed E-state index contributed by atoms with van der Waals surface area (Å²) in [4.78, 5) is 23.8. The van der Waals surface area contributed by atoms with Crippen LogP contribution in [0.2, 0.25) is 0 Å². The van der Waals surface area contributed by atoms with Crippen molar-refractivity contribution in [2.45, 2.75) is 19.4 Å². The maximum absolute atomic E-state index is 11.9. The number of para-hydroxylation sites is 1. The molecule has 0 fully saturated rings. The first-order chi connectivity index (χ1) is 13.5. The molecule has 7 nitrogen and oxygen atoms in total. The summed E-state index contributed by atoms with van der Waals surface area (Å²) in [5.41, 5.74) is 0.986. The van der Waals surface area contributed by atoms with E-state index in [9.17, 15) is 9.59 Å². The van der Waals surface area contributed by atoms with Crippen LogP contribution in [-0.2, 0) is 20.7 Å². The number of carbonyl (C=O) groups excluding carboxylic acids is 2. The minimum atomic E-state index is -0.804. The van der Waals surface area contributed by atoms with E-state index < -0.39 is 12.1 Å². The van der Waals surface area contributed by atoms with E-state index in [1.54, 1.807) is 45.4 Å². The number of nitrogens with one attached hydrogen (secondary N) is 1. The fourth-order valence-corrected chi connectivity index (χ4v) is 2.44. The Kier molecular flexibility index (Phi) is 8.14. The molecule has 1 amide bonds. The van der Waals surface area contributed by atoms with Crippen molar-refractivity contribution < 1.29 is 28.5 Å². The zero-order valence-corrected chi connectivity index (χ0v) is 16.3. The molecule has 2 rings (SSSR count). The van der Waals surface area contributed by atoms with Crippen LogP contribution < -0.4 is 19.5 Å². The molecule has 0 unspecified atom stereocenters. The second-order valence-corrected chi connectivity index (χ2v) is 5.97. The fraction of sp³-hybridized carbons (Fsp3) is 0.333. The minimum absolute atomic E-state index is 0.354. The Bertz CT molecular complexity index is 778. The van der Waals surface area contributed by atoms with Gasteiger partial charge in [0.2, 0.25) is 0 Å². The molecule has 2 aromatic carbocycles. The Balaban J connectivity index is 1.70. The number of benzene rings is 2. The van der Waals surface area contributed by atoms with Crippen LogP contribution in [0.25, 0.3) is 0 Å². The summed E-state index contributed by atoms with van der Waals surface area (Å²) in [7, 11) is 3.14. The first kappa shape index (κ1) is 21.1. The van der Waals surface area contributed by atoms with Crippen molar-refractivity contribution >= 4 is 11.9 Å². The maximum Gasteiger partial charge on any atom is 0.347 e. The number of hydrogen-bond acceptors (Lipinski definition) is 6. The van der Waals surface area contributed by atoms with Crippen LogP contribution in [0.3, 0.4) is 0 Å². The van der Waals surface area contributed by atoms with Crippen molar-refractivity contribution in [3.63, 3.8) is 0 Å². The molecule has 0 saturated carbocycles. The molecular formula is C21H25NO6. The van der Waals surface area contributed by atoms with Crippen LogP contribution in [-0.4, -0.2) is 45.4 Å². The lowest BCUT2D eigenvalue weighted by Gasteiger charge is -2.14. The summed E-state index contributed by atoms with van der Waals surface area (Å²) in [6.45, 7) is 1.62. The highest BCUT2D eigenvalue weighted by molar-refractivity contribution is 5.82. The summed E-state index contributed by atoms with van der Waals surface area (Å²) >= 11 is 0. The van der Waals surface area contributed by atoms with Gasteiger partial charge in [0.1, 0.15) is 5.75 Å². The number of hydrogen-bond donors (Lipinski definition) is 1. The van der Waals surface area contributed by atoms with Crippen molar-refractivity contribution in [2.24, 2.45) is 0 Å². The standard InChI is InChI=1S/C21H25NO6/c1-15(28-17-7-5-4-6-8-17)21(24)27-14-20(23)22-12-11-16-9-10-18(25-2)19(13-16)26-3/h4-10,13,15H,11-12,14H2,1-3H3,(H,22,23)/t15-/m1/s1. The van der Waals surface area contributed by atoms with Gasteiger partial charge in [-0.3, -0.25) is 4.79 Å². The molecule has 1 atom stereocenters. The Hall–Kier alpha value is -3.22. The monoisotopic (exact) mass is 387 g/mol. The quantitative estimate of drug-likeness (QED) is 0.630. The average Bonchev–Trinajstić information content (AvgIpc) is 2.72. The minimum Gasteiger partial charge on any atom is -0.493 e. The molecule has 0 aliphatic rings. The van der Waals surface area contributed by atoms with Gasteiger partial charge in [-0.05, 0) is 43.2 Å². The molecule has 0 radical (unpaired) electrons. The van der Waals surface area contributed by atoms with Gasteiger partial charge in [-0.25, -0.2) is 4.79 Å². The molecule has 2 aromatic rings. The average molecular weight is 387 g/mol. The van der Waals surface area contributed by atoms with Crippen LogP contribution >= 0.6 is 0 Å². The highest BCUT2D eigenvalue weighted by Gasteiger charge is 2.17. The third-order valence-electron chi connectivity index (χ3n) is 3.92. The number of ether oxygens (including phenoxy) is 4. The van der Waals surface area contributed by atoms with Crippen LogP contribution in [0.4, 0.5) is 0 Å². The predicted octanol–water partition coefficient (Wildman–Crippen LogP) is 2.37. The molecule has 0 aliphatic heterocycles. The number of methoxy groups -OCH3 is 2. The molecule has 150 valence electrons. The Labute approximate surface area is 164 Å². The third-order valence-corrected chi connectivity index (χ3v) is 3.92. The van der Waals surface area contributed by atoms with Gasteiger partial charge in [-0.2, -0.15) is 0 Å². The topological polar surface area (TPSA) is 83.1 Å². The molecule has 1 N–H and O–H groups in total.